The molecule has 0 fully saturated rings. The minimum absolute atomic E-state index is 0.226. The van der Waals surface area contributed by atoms with E-state index in [0.717, 1.165) is 0 Å². The number of amides is 2. The summed E-state index contributed by atoms with van der Waals surface area (Å²) in [5, 5.41) is 2.73. The van der Waals surface area contributed by atoms with Crippen LogP contribution in [0.3, 0.4) is 0 Å². The molecule has 0 aliphatic rings. The standard InChI is InChI=1S/C17H17FN2O3/c1-11(14-4-2-3-5-15(14)18)20-17(22)12-6-8-13(9-7-12)23-10-16(19)21/h2-9,11H,10H2,1H3,(H2,19,21)(H,20,22). The van der Waals surface area contributed by atoms with Crippen LogP contribution in [0.5, 0.6) is 5.75 Å². The highest BCUT2D eigenvalue weighted by Gasteiger charge is 2.14. The summed E-state index contributed by atoms with van der Waals surface area (Å²) in [4.78, 5) is 22.8. The number of benzene rings is 2. The Kier molecular flexibility index (Phi) is 5.30. The van der Waals surface area contributed by atoms with E-state index in [-0.39, 0.29) is 18.3 Å². The van der Waals surface area contributed by atoms with E-state index in [0.29, 0.717) is 16.9 Å². The maximum Gasteiger partial charge on any atom is 0.255 e. The maximum atomic E-state index is 13.7. The number of carbonyl (C=O) groups is 2. The lowest BCUT2D eigenvalue weighted by Crippen LogP contribution is -2.27. The first-order chi connectivity index (χ1) is 11.0. The molecule has 23 heavy (non-hydrogen) atoms. The normalized spacial score (nSPS) is 11.6. The van der Waals surface area contributed by atoms with Crippen LogP contribution < -0.4 is 15.8 Å². The molecule has 5 nitrogen and oxygen atoms in total. The molecular weight excluding hydrogens is 299 g/mol. The highest BCUT2D eigenvalue weighted by Crippen LogP contribution is 2.17. The lowest BCUT2D eigenvalue weighted by molar-refractivity contribution is -0.119. The van der Waals surface area contributed by atoms with Gasteiger partial charge in [0.05, 0.1) is 6.04 Å². The molecule has 2 rings (SSSR count). The SMILES string of the molecule is CC(NC(=O)c1ccc(OCC(N)=O)cc1)c1ccccc1F. The summed E-state index contributed by atoms with van der Waals surface area (Å²) in [7, 11) is 0. The van der Waals surface area contributed by atoms with Crippen LogP contribution in [0.2, 0.25) is 0 Å². The Balaban J connectivity index is 2.00. The van der Waals surface area contributed by atoms with E-state index < -0.39 is 11.9 Å². The van der Waals surface area contributed by atoms with Crippen molar-refractivity contribution in [1.82, 2.24) is 5.32 Å². The number of rotatable bonds is 6. The van der Waals surface area contributed by atoms with Crippen molar-refractivity contribution in [3.8, 4) is 5.75 Å². The molecule has 0 aliphatic carbocycles. The van der Waals surface area contributed by atoms with Gasteiger partial charge in [-0.25, -0.2) is 4.39 Å². The molecule has 2 aromatic carbocycles. The zero-order valence-electron chi connectivity index (χ0n) is 12.6. The summed E-state index contributed by atoms with van der Waals surface area (Å²) < 4.78 is 18.8. The lowest BCUT2D eigenvalue weighted by atomic mass is 10.1. The average molecular weight is 316 g/mol. The van der Waals surface area contributed by atoms with Crippen molar-refractivity contribution in [2.45, 2.75) is 13.0 Å². The number of hydrogen-bond acceptors (Lipinski definition) is 3. The minimum atomic E-state index is -0.578. The van der Waals surface area contributed by atoms with Crippen LogP contribution in [-0.4, -0.2) is 18.4 Å². The third kappa shape index (κ3) is 4.54. The van der Waals surface area contributed by atoms with E-state index in [1.165, 1.54) is 6.07 Å². The zero-order chi connectivity index (χ0) is 16.8. The fourth-order valence-corrected chi connectivity index (χ4v) is 2.04. The summed E-state index contributed by atoms with van der Waals surface area (Å²) in [5.74, 6) is -0.842. The molecular formula is C17H17FN2O3. The van der Waals surface area contributed by atoms with Gasteiger partial charge in [-0.05, 0) is 37.3 Å². The Labute approximate surface area is 133 Å². The van der Waals surface area contributed by atoms with E-state index in [2.05, 4.69) is 5.32 Å². The monoisotopic (exact) mass is 316 g/mol. The van der Waals surface area contributed by atoms with E-state index >= 15 is 0 Å². The van der Waals surface area contributed by atoms with E-state index in [4.69, 9.17) is 10.5 Å². The van der Waals surface area contributed by atoms with Gasteiger partial charge in [0.15, 0.2) is 6.61 Å². The topological polar surface area (TPSA) is 81.4 Å². The van der Waals surface area contributed by atoms with Crippen molar-refractivity contribution < 1.29 is 18.7 Å². The van der Waals surface area contributed by atoms with Crippen molar-refractivity contribution in [3.63, 3.8) is 0 Å². The fraction of sp³-hybridized carbons (Fsp3) is 0.176. The van der Waals surface area contributed by atoms with E-state index in [9.17, 15) is 14.0 Å². The second-order valence-electron chi connectivity index (χ2n) is 5.00. The van der Waals surface area contributed by atoms with Crippen LogP contribution in [-0.2, 0) is 4.79 Å². The molecule has 1 unspecified atom stereocenters. The number of ether oxygens (including phenoxy) is 1. The maximum absolute atomic E-state index is 13.7. The minimum Gasteiger partial charge on any atom is -0.484 e. The number of hydrogen-bond donors (Lipinski definition) is 2. The van der Waals surface area contributed by atoms with Gasteiger partial charge in [0.25, 0.3) is 11.8 Å². The van der Waals surface area contributed by atoms with Crippen LogP contribution in [0.1, 0.15) is 28.9 Å². The van der Waals surface area contributed by atoms with Crippen LogP contribution in [0.25, 0.3) is 0 Å². The Bertz CT molecular complexity index is 701. The van der Waals surface area contributed by atoms with E-state index in [1.54, 1.807) is 49.4 Å². The highest BCUT2D eigenvalue weighted by atomic mass is 19.1. The molecule has 2 amide bonds. The van der Waals surface area contributed by atoms with Gasteiger partial charge in [-0.2, -0.15) is 0 Å². The zero-order valence-corrected chi connectivity index (χ0v) is 12.6. The fourth-order valence-electron chi connectivity index (χ4n) is 2.04. The largest absolute Gasteiger partial charge is 0.484 e. The molecule has 0 radical (unpaired) electrons. The molecule has 0 heterocycles. The second kappa shape index (κ2) is 7.40. The molecule has 0 aliphatic heterocycles. The number of nitrogens with one attached hydrogen (secondary N) is 1. The predicted molar refractivity (Wildman–Crippen MR) is 83.4 cm³/mol. The van der Waals surface area contributed by atoms with Crippen LogP contribution in [0, 0.1) is 5.82 Å². The molecule has 2 aromatic rings. The smallest absolute Gasteiger partial charge is 0.255 e. The van der Waals surface area contributed by atoms with Gasteiger partial charge in [-0.3, -0.25) is 9.59 Å². The van der Waals surface area contributed by atoms with Gasteiger partial charge < -0.3 is 15.8 Å². The summed E-state index contributed by atoms with van der Waals surface area (Å²) in [6, 6.07) is 12.1. The second-order valence-corrected chi connectivity index (χ2v) is 5.00. The molecule has 0 aromatic heterocycles. The molecule has 6 heteroatoms. The van der Waals surface area contributed by atoms with Gasteiger partial charge in [0, 0.05) is 11.1 Å². The summed E-state index contributed by atoms with van der Waals surface area (Å²) in [6.45, 7) is 1.48. The number of nitrogens with two attached hydrogens (primary N) is 1. The van der Waals surface area contributed by atoms with Gasteiger partial charge in [-0.1, -0.05) is 18.2 Å². The summed E-state index contributed by atoms with van der Waals surface area (Å²) in [5.41, 5.74) is 5.80. The first-order valence-corrected chi connectivity index (χ1v) is 7.04. The third-order valence-electron chi connectivity index (χ3n) is 3.22. The molecule has 1 atom stereocenters. The molecule has 3 N–H and O–H groups in total. The number of primary amides is 1. The van der Waals surface area contributed by atoms with Crippen molar-refractivity contribution in [2.24, 2.45) is 5.73 Å². The third-order valence-corrected chi connectivity index (χ3v) is 3.22. The average Bonchev–Trinajstić information content (AvgIpc) is 2.53. The first-order valence-electron chi connectivity index (χ1n) is 7.04. The van der Waals surface area contributed by atoms with Gasteiger partial charge in [0.2, 0.25) is 0 Å². The molecule has 0 bridgehead atoms. The Morgan fingerprint density at radius 3 is 2.43 bits per heavy atom. The number of halogens is 1. The Hall–Kier alpha value is -2.89. The van der Waals surface area contributed by atoms with Crippen molar-refractivity contribution in [2.75, 3.05) is 6.61 Å². The molecule has 0 saturated heterocycles. The molecule has 0 saturated carbocycles. The van der Waals surface area contributed by atoms with Gasteiger partial charge in [-0.15, -0.1) is 0 Å². The van der Waals surface area contributed by atoms with Crippen molar-refractivity contribution in [1.29, 1.82) is 0 Å². The predicted octanol–water partition coefficient (Wildman–Crippen LogP) is 2.18. The van der Waals surface area contributed by atoms with Crippen molar-refractivity contribution in [3.05, 3.63) is 65.5 Å². The highest BCUT2D eigenvalue weighted by molar-refractivity contribution is 5.94. The van der Waals surface area contributed by atoms with Crippen LogP contribution in [0.15, 0.2) is 48.5 Å². The molecule has 120 valence electrons. The van der Waals surface area contributed by atoms with Gasteiger partial charge >= 0.3 is 0 Å². The Morgan fingerprint density at radius 1 is 1.17 bits per heavy atom. The first kappa shape index (κ1) is 16.5. The van der Waals surface area contributed by atoms with Crippen molar-refractivity contribution >= 4 is 11.8 Å². The lowest BCUT2D eigenvalue weighted by Gasteiger charge is -2.15. The Morgan fingerprint density at radius 2 is 1.83 bits per heavy atom. The van der Waals surface area contributed by atoms with Crippen LogP contribution in [0.4, 0.5) is 4.39 Å². The van der Waals surface area contributed by atoms with Crippen LogP contribution >= 0.6 is 0 Å². The molecule has 0 spiro atoms. The number of carbonyl (C=O) groups excluding carboxylic acids is 2. The summed E-state index contributed by atoms with van der Waals surface area (Å²) >= 11 is 0. The summed E-state index contributed by atoms with van der Waals surface area (Å²) in [6.07, 6.45) is 0. The quantitative estimate of drug-likeness (QED) is 0.857. The van der Waals surface area contributed by atoms with E-state index in [1.807, 2.05) is 0 Å². The van der Waals surface area contributed by atoms with Gasteiger partial charge in [0.1, 0.15) is 11.6 Å².